The monoisotopic (exact) mass is 452 g/mol. The highest BCUT2D eigenvalue weighted by molar-refractivity contribution is 6.13. The molecule has 33 heavy (non-hydrogen) atoms. The molecule has 174 valence electrons. The zero-order valence-electron chi connectivity index (χ0n) is 18.8. The van der Waals surface area contributed by atoms with Gasteiger partial charge in [-0.05, 0) is 25.3 Å². The van der Waals surface area contributed by atoms with E-state index >= 15 is 0 Å². The smallest absolute Gasteiger partial charge is 0.330 e. The highest BCUT2D eigenvalue weighted by atomic mass is 16.2. The molecule has 3 N–H and O–H groups in total. The number of carbonyl (C=O) groups is 1. The molecule has 4 rings (SSSR count). The van der Waals surface area contributed by atoms with Crippen LogP contribution in [0, 0.1) is 0 Å². The Bertz CT molecular complexity index is 1380. The molecule has 10 nitrogen and oxygen atoms in total. The number of benzene rings is 1. The number of rotatable bonds is 6. The van der Waals surface area contributed by atoms with Gasteiger partial charge in [-0.25, -0.2) is 9.48 Å². The topological polar surface area (TPSA) is 136 Å². The zero-order valence-corrected chi connectivity index (χ0v) is 18.8. The first-order chi connectivity index (χ1) is 15.8. The first-order valence-corrected chi connectivity index (χ1v) is 11.3. The molecule has 1 saturated carbocycles. The van der Waals surface area contributed by atoms with Crippen LogP contribution in [0.3, 0.4) is 0 Å². The number of carbonyl (C=O) groups excluding carboxylic acids is 1. The van der Waals surface area contributed by atoms with E-state index in [4.69, 9.17) is 5.73 Å². The maximum Gasteiger partial charge on any atom is 0.330 e. The van der Waals surface area contributed by atoms with Crippen LogP contribution in [0.4, 0.5) is 11.5 Å². The molecular formula is C23H28N6O4. The number of anilines is 2. The number of aryl methyl sites for hydroxylation is 1. The maximum absolute atomic E-state index is 14.0. The van der Waals surface area contributed by atoms with Crippen molar-refractivity contribution in [2.45, 2.75) is 58.0 Å². The summed E-state index contributed by atoms with van der Waals surface area (Å²) in [7, 11) is 1.48. The van der Waals surface area contributed by atoms with Gasteiger partial charge in [0.1, 0.15) is 5.82 Å². The summed E-state index contributed by atoms with van der Waals surface area (Å²) in [4.78, 5) is 55.7. The van der Waals surface area contributed by atoms with Gasteiger partial charge in [-0.2, -0.15) is 5.10 Å². The molecule has 10 heteroatoms. The van der Waals surface area contributed by atoms with E-state index in [2.05, 4.69) is 10.1 Å². The lowest BCUT2D eigenvalue weighted by Gasteiger charge is -2.30. The lowest BCUT2D eigenvalue weighted by atomic mass is 10.1. The van der Waals surface area contributed by atoms with Gasteiger partial charge in [-0.15, -0.1) is 0 Å². The SMILES string of the molecule is CCCCn1c(N)c(N(C(=O)c2nn(C)c(=O)c3ccccc23)C2CCCC2)c(=O)[nH]c1=O. The molecule has 1 fully saturated rings. The number of aromatic amines is 1. The molecular weight excluding hydrogens is 424 g/mol. The van der Waals surface area contributed by atoms with Gasteiger partial charge in [0, 0.05) is 25.0 Å². The van der Waals surface area contributed by atoms with Gasteiger partial charge in [0.2, 0.25) is 0 Å². The molecule has 0 atom stereocenters. The molecule has 1 aliphatic rings. The average molecular weight is 453 g/mol. The van der Waals surface area contributed by atoms with Crippen molar-refractivity contribution < 1.29 is 4.79 Å². The Hall–Kier alpha value is -3.69. The van der Waals surface area contributed by atoms with Gasteiger partial charge < -0.3 is 5.73 Å². The van der Waals surface area contributed by atoms with Crippen LogP contribution < -0.4 is 27.4 Å². The van der Waals surface area contributed by atoms with Crippen LogP contribution in [-0.4, -0.2) is 31.3 Å². The van der Waals surface area contributed by atoms with Crippen LogP contribution in [-0.2, 0) is 13.6 Å². The van der Waals surface area contributed by atoms with Crippen molar-refractivity contribution in [2.24, 2.45) is 7.05 Å². The second-order valence-electron chi connectivity index (χ2n) is 8.43. The predicted octanol–water partition coefficient (Wildman–Crippen LogP) is 1.76. The molecule has 0 unspecified atom stereocenters. The van der Waals surface area contributed by atoms with Crippen LogP contribution in [0.1, 0.15) is 55.9 Å². The number of unbranched alkanes of at least 4 members (excludes halogenated alkanes) is 1. The summed E-state index contributed by atoms with van der Waals surface area (Å²) in [5.74, 6) is -0.557. The average Bonchev–Trinajstić information content (AvgIpc) is 3.33. The number of nitrogens with one attached hydrogen (secondary N) is 1. The van der Waals surface area contributed by atoms with Crippen LogP contribution in [0.15, 0.2) is 38.6 Å². The van der Waals surface area contributed by atoms with E-state index in [-0.39, 0.29) is 28.8 Å². The minimum atomic E-state index is -0.709. The number of hydrogen-bond donors (Lipinski definition) is 2. The Balaban J connectivity index is 1.95. The van der Waals surface area contributed by atoms with Crippen LogP contribution in [0.2, 0.25) is 0 Å². The lowest BCUT2D eigenvalue weighted by Crippen LogP contribution is -2.46. The Morgan fingerprint density at radius 3 is 2.52 bits per heavy atom. The summed E-state index contributed by atoms with van der Waals surface area (Å²) in [6, 6.07) is 6.49. The first-order valence-electron chi connectivity index (χ1n) is 11.3. The summed E-state index contributed by atoms with van der Waals surface area (Å²) in [5, 5.41) is 5.03. The quantitative estimate of drug-likeness (QED) is 0.585. The first kappa shape index (κ1) is 22.5. The number of nitrogen functional groups attached to an aromatic ring is 1. The van der Waals surface area contributed by atoms with Gasteiger partial charge in [-0.3, -0.25) is 28.8 Å². The lowest BCUT2D eigenvalue weighted by molar-refractivity contribution is 0.0971. The van der Waals surface area contributed by atoms with Crippen molar-refractivity contribution in [1.82, 2.24) is 19.3 Å². The third-order valence-electron chi connectivity index (χ3n) is 6.26. The van der Waals surface area contributed by atoms with Crippen molar-refractivity contribution in [1.29, 1.82) is 0 Å². The molecule has 0 aliphatic heterocycles. The molecule has 0 bridgehead atoms. The van der Waals surface area contributed by atoms with Crippen molar-refractivity contribution in [3.05, 3.63) is 61.2 Å². The fourth-order valence-electron chi connectivity index (χ4n) is 4.53. The van der Waals surface area contributed by atoms with E-state index < -0.39 is 17.2 Å². The Kier molecular flexibility index (Phi) is 6.17. The van der Waals surface area contributed by atoms with E-state index in [1.54, 1.807) is 24.3 Å². The Morgan fingerprint density at radius 2 is 1.85 bits per heavy atom. The van der Waals surface area contributed by atoms with Crippen molar-refractivity contribution in [3.8, 4) is 0 Å². The summed E-state index contributed by atoms with van der Waals surface area (Å²) in [6.45, 7) is 2.32. The number of nitrogens with zero attached hydrogens (tertiary/aromatic N) is 4. The highest BCUT2D eigenvalue weighted by Gasteiger charge is 2.35. The largest absolute Gasteiger partial charge is 0.383 e. The highest BCUT2D eigenvalue weighted by Crippen LogP contribution is 2.31. The fourth-order valence-corrected chi connectivity index (χ4v) is 4.53. The second kappa shape index (κ2) is 9.05. The molecule has 0 radical (unpaired) electrons. The van der Waals surface area contributed by atoms with Crippen LogP contribution >= 0.6 is 0 Å². The number of aromatic nitrogens is 4. The summed E-state index contributed by atoms with van der Waals surface area (Å²) in [6.07, 6.45) is 4.73. The molecule has 1 amide bonds. The number of H-pyrrole nitrogens is 1. The maximum atomic E-state index is 14.0. The number of hydrogen-bond acceptors (Lipinski definition) is 6. The predicted molar refractivity (Wildman–Crippen MR) is 127 cm³/mol. The minimum Gasteiger partial charge on any atom is -0.383 e. The molecule has 0 saturated heterocycles. The molecule has 2 aromatic heterocycles. The minimum absolute atomic E-state index is 0.0356. The third-order valence-corrected chi connectivity index (χ3v) is 6.26. The number of fused-ring (bicyclic) bond motifs is 1. The van der Waals surface area contributed by atoms with E-state index in [0.717, 1.165) is 23.9 Å². The number of amides is 1. The van der Waals surface area contributed by atoms with E-state index in [1.165, 1.54) is 16.5 Å². The van der Waals surface area contributed by atoms with Crippen LogP contribution in [0.5, 0.6) is 0 Å². The van der Waals surface area contributed by atoms with Gasteiger partial charge in [0.25, 0.3) is 17.0 Å². The van der Waals surface area contributed by atoms with Gasteiger partial charge >= 0.3 is 5.69 Å². The van der Waals surface area contributed by atoms with Gasteiger partial charge in [0.15, 0.2) is 11.4 Å². The summed E-state index contributed by atoms with van der Waals surface area (Å²) in [5.41, 5.74) is 4.74. The molecule has 1 aromatic carbocycles. The third kappa shape index (κ3) is 3.96. The van der Waals surface area contributed by atoms with Crippen molar-refractivity contribution in [2.75, 3.05) is 10.6 Å². The molecule has 1 aliphatic carbocycles. The van der Waals surface area contributed by atoms with Crippen molar-refractivity contribution >= 4 is 28.2 Å². The number of nitrogens with two attached hydrogens (primary N) is 1. The van der Waals surface area contributed by atoms with E-state index in [9.17, 15) is 19.2 Å². The molecule has 0 spiro atoms. The summed E-state index contributed by atoms with van der Waals surface area (Å²) < 4.78 is 2.43. The molecule has 3 aromatic rings. The Morgan fingerprint density at radius 1 is 1.18 bits per heavy atom. The Labute approximate surface area is 189 Å². The van der Waals surface area contributed by atoms with Gasteiger partial charge in [-0.1, -0.05) is 44.4 Å². The van der Waals surface area contributed by atoms with E-state index in [0.29, 0.717) is 36.6 Å². The fraction of sp³-hybridized carbons (Fsp3) is 0.435. The summed E-state index contributed by atoms with van der Waals surface area (Å²) >= 11 is 0. The standard InChI is InChI=1S/C23H28N6O4/c1-3-4-13-28-19(24)18(20(30)25-23(28)33)29(14-9-5-6-10-14)22(32)17-15-11-7-8-12-16(15)21(31)27(2)26-17/h7-8,11-12,14H,3-6,9-10,13,24H2,1-2H3,(H,25,30,33). The molecule has 2 heterocycles. The van der Waals surface area contributed by atoms with Crippen LogP contribution in [0.25, 0.3) is 10.8 Å². The van der Waals surface area contributed by atoms with E-state index in [1.807, 2.05) is 6.92 Å². The van der Waals surface area contributed by atoms with Gasteiger partial charge in [0.05, 0.1) is 5.39 Å². The zero-order chi connectivity index (χ0) is 23.7. The second-order valence-corrected chi connectivity index (χ2v) is 8.43. The normalized spacial score (nSPS) is 14.1. The van der Waals surface area contributed by atoms with Crippen molar-refractivity contribution in [3.63, 3.8) is 0 Å².